The van der Waals surface area contributed by atoms with Crippen LogP contribution in [0, 0.1) is 0 Å². The molecule has 0 aromatic rings. The van der Waals surface area contributed by atoms with Gasteiger partial charge in [0.1, 0.15) is 0 Å². The first kappa shape index (κ1) is 15.3. The van der Waals surface area contributed by atoms with Crippen LogP contribution in [0.25, 0.3) is 0 Å². The summed E-state index contributed by atoms with van der Waals surface area (Å²) in [6.07, 6.45) is 0. The molecule has 80 valence electrons. The van der Waals surface area contributed by atoms with E-state index in [0.29, 0.717) is 0 Å². The molecule has 13 heavy (non-hydrogen) atoms. The lowest BCUT2D eigenvalue weighted by atomic mass is 10.3. The second kappa shape index (κ2) is 8.45. The van der Waals surface area contributed by atoms with Crippen molar-refractivity contribution in [3.63, 3.8) is 0 Å². The van der Waals surface area contributed by atoms with Crippen molar-refractivity contribution < 1.29 is 9.28 Å². The molecular weight excluding hydrogens is 182 g/mol. The first-order valence-corrected chi connectivity index (χ1v) is 5.41. The van der Waals surface area contributed by atoms with Gasteiger partial charge >= 0.3 is 0 Å². The number of carbonyl (C=O) groups excluding carboxylic acids is 1. The Balaban J connectivity index is 0. The summed E-state index contributed by atoms with van der Waals surface area (Å²) in [5, 5.41) is -0.250. The standard InChI is InChI=1S/C8H20N.C2H4OS/c1-5-9(6-2,7-3)8-4;1-2(3)4/h5-8H2,1-4H3;1H3,(H,3,4)/q+1;/p-1. The predicted molar refractivity (Wildman–Crippen MR) is 60.5 cm³/mol. The first-order chi connectivity index (χ1) is 5.97. The molecule has 0 spiro atoms. The van der Waals surface area contributed by atoms with E-state index in [9.17, 15) is 4.79 Å². The van der Waals surface area contributed by atoms with E-state index in [4.69, 9.17) is 0 Å². The van der Waals surface area contributed by atoms with Crippen molar-refractivity contribution in [2.75, 3.05) is 26.2 Å². The van der Waals surface area contributed by atoms with E-state index < -0.39 is 0 Å². The molecule has 0 heterocycles. The van der Waals surface area contributed by atoms with E-state index in [0.717, 1.165) is 0 Å². The van der Waals surface area contributed by atoms with E-state index in [-0.39, 0.29) is 5.12 Å². The fourth-order valence-electron chi connectivity index (χ4n) is 1.34. The van der Waals surface area contributed by atoms with Crippen LogP contribution in [0.15, 0.2) is 0 Å². The third-order valence-corrected chi connectivity index (χ3v) is 2.68. The Morgan fingerprint density at radius 1 is 1.00 bits per heavy atom. The zero-order chi connectivity index (χ0) is 10.9. The first-order valence-electron chi connectivity index (χ1n) is 5.00. The average Bonchev–Trinajstić information content (AvgIpc) is 2.09. The normalized spacial score (nSPS) is 10.2. The SMILES string of the molecule is CC(=O)[S-].CC[N+](CC)(CC)CC. The second-order valence-electron chi connectivity index (χ2n) is 3.10. The van der Waals surface area contributed by atoms with Crippen LogP contribution >= 0.6 is 0 Å². The molecule has 3 heteroatoms. The maximum atomic E-state index is 9.26. The third kappa shape index (κ3) is 8.19. The quantitative estimate of drug-likeness (QED) is 0.515. The lowest BCUT2D eigenvalue weighted by Crippen LogP contribution is -2.47. The van der Waals surface area contributed by atoms with Crippen molar-refractivity contribution in [2.45, 2.75) is 34.6 Å². The summed E-state index contributed by atoms with van der Waals surface area (Å²) < 4.78 is 1.28. The molecule has 0 saturated heterocycles. The fraction of sp³-hybridized carbons (Fsp3) is 0.900. The smallest absolute Gasteiger partial charge is 0.0757 e. The number of quaternary nitrogens is 1. The Kier molecular flexibility index (Phi) is 9.96. The largest absolute Gasteiger partial charge is 0.742 e. The summed E-state index contributed by atoms with van der Waals surface area (Å²) in [7, 11) is 0. The van der Waals surface area contributed by atoms with Crippen molar-refractivity contribution in [2.24, 2.45) is 0 Å². The summed E-state index contributed by atoms with van der Waals surface area (Å²) in [4.78, 5) is 9.26. The average molecular weight is 205 g/mol. The summed E-state index contributed by atoms with van der Waals surface area (Å²) >= 11 is 3.98. The van der Waals surface area contributed by atoms with E-state index in [1.54, 1.807) is 0 Å². The Hall–Kier alpha value is -0.150. The molecule has 0 saturated carbocycles. The van der Waals surface area contributed by atoms with Gasteiger partial charge in [-0.15, -0.1) is 0 Å². The van der Waals surface area contributed by atoms with Gasteiger partial charge in [0.05, 0.1) is 26.2 Å². The molecule has 0 unspecified atom stereocenters. The Bertz CT molecular complexity index is 111. The van der Waals surface area contributed by atoms with E-state index in [1.807, 2.05) is 0 Å². The van der Waals surface area contributed by atoms with Gasteiger partial charge in [-0.1, -0.05) is 0 Å². The van der Waals surface area contributed by atoms with Crippen molar-refractivity contribution in [3.8, 4) is 0 Å². The molecule has 0 fully saturated rings. The number of carbonyl (C=O) groups is 1. The highest BCUT2D eigenvalue weighted by atomic mass is 32.1. The molecule has 0 aliphatic rings. The number of hydrogen-bond donors (Lipinski definition) is 0. The molecule has 0 aromatic heterocycles. The van der Waals surface area contributed by atoms with Crippen molar-refractivity contribution >= 4 is 17.7 Å². The highest BCUT2D eigenvalue weighted by Crippen LogP contribution is 2.03. The molecular formula is C10H23NOS. The Morgan fingerprint density at radius 3 is 1.15 bits per heavy atom. The van der Waals surface area contributed by atoms with Crippen LogP contribution in [-0.4, -0.2) is 35.8 Å². The van der Waals surface area contributed by atoms with Gasteiger partial charge in [0.25, 0.3) is 0 Å². The summed E-state index contributed by atoms with van der Waals surface area (Å²) in [5.41, 5.74) is 0. The monoisotopic (exact) mass is 205 g/mol. The zero-order valence-corrected chi connectivity index (χ0v) is 10.4. The summed E-state index contributed by atoms with van der Waals surface area (Å²) in [5.74, 6) is 0. The van der Waals surface area contributed by atoms with Crippen LogP contribution in [0.1, 0.15) is 34.6 Å². The molecule has 0 N–H and O–H groups in total. The van der Waals surface area contributed by atoms with Crippen LogP contribution in [0.3, 0.4) is 0 Å². The summed E-state index contributed by atoms with van der Waals surface area (Å²) in [6, 6.07) is 0. The van der Waals surface area contributed by atoms with Gasteiger partial charge in [-0.3, -0.25) is 0 Å². The molecule has 0 radical (unpaired) electrons. The number of nitrogens with zero attached hydrogens (tertiary/aromatic N) is 1. The minimum absolute atomic E-state index is 0.250. The number of rotatable bonds is 4. The minimum atomic E-state index is -0.250. The molecule has 2 nitrogen and oxygen atoms in total. The minimum Gasteiger partial charge on any atom is -0.742 e. The predicted octanol–water partition coefficient (Wildman–Crippen LogP) is 1.96. The molecule has 0 amide bonds. The number of hydrogen-bond acceptors (Lipinski definition) is 2. The molecule has 0 rings (SSSR count). The highest BCUT2D eigenvalue weighted by Gasteiger charge is 2.16. The van der Waals surface area contributed by atoms with E-state index in [2.05, 4.69) is 40.3 Å². The van der Waals surface area contributed by atoms with E-state index in [1.165, 1.54) is 37.6 Å². The van der Waals surface area contributed by atoms with Gasteiger partial charge in [-0.05, 0) is 34.6 Å². The van der Waals surface area contributed by atoms with Crippen LogP contribution in [0.2, 0.25) is 0 Å². The van der Waals surface area contributed by atoms with Crippen LogP contribution in [0.4, 0.5) is 0 Å². The van der Waals surface area contributed by atoms with Crippen molar-refractivity contribution in [3.05, 3.63) is 0 Å². The summed E-state index contributed by atoms with van der Waals surface area (Å²) in [6.45, 7) is 15.6. The fourth-order valence-corrected chi connectivity index (χ4v) is 1.34. The lowest BCUT2D eigenvalue weighted by molar-refractivity contribution is -0.921. The van der Waals surface area contributed by atoms with Gasteiger partial charge in [0, 0.05) is 5.12 Å². The van der Waals surface area contributed by atoms with Crippen LogP contribution < -0.4 is 0 Å². The maximum absolute atomic E-state index is 9.26. The molecule has 0 aromatic carbocycles. The lowest BCUT2D eigenvalue weighted by Gasteiger charge is -2.34. The second-order valence-corrected chi connectivity index (χ2v) is 3.67. The van der Waals surface area contributed by atoms with Crippen molar-refractivity contribution in [1.29, 1.82) is 0 Å². The Labute approximate surface area is 88.3 Å². The maximum Gasteiger partial charge on any atom is 0.0757 e. The van der Waals surface area contributed by atoms with Gasteiger partial charge in [0.2, 0.25) is 0 Å². The highest BCUT2D eigenvalue weighted by molar-refractivity contribution is 7.76. The molecule has 0 bridgehead atoms. The zero-order valence-electron chi connectivity index (χ0n) is 9.59. The van der Waals surface area contributed by atoms with Gasteiger partial charge in [-0.2, -0.15) is 0 Å². The molecule has 0 aliphatic carbocycles. The third-order valence-electron chi connectivity index (χ3n) is 2.68. The van der Waals surface area contributed by atoms with Crippen LogP contribution in [-0.2, 0) is 17.4 Å². The molecule has 0 atom stereocenters. The Morgan fingerprint density at radius 2 is 1.15 bits per heavy atom. The topological polar surface area (TPSA) is 17.1 Å². The van der Waals surface area contributed by atoms with Crippen LogP contribution in [0.5, 0.6) is 0 Å². The van der Waals surface area contributed by atoms with E-state index >= 15 is 0 Å². The van der Waals surface area contributed by atoms with Gasteiger partial charge < -0.3 is 21.9 Å². The van der Waals surface area contributed by atoms with Gasteiger partial charge in [-0.25, -0.2) is 0 Å². The molecule has 0 aliphatic heterocycles. The van der Waals surface area contributed by atoms with Crippen molar-refractivity contribution in [1.82, 2.24) is 0 Å². The van der Waals surface area contributed by atoms with Gasteiger partial charge in [0.15, 0.2) is 0 Å².